The van der Waals surface area contributed by atoms with Crippen molar-refractivity contribution in [3.05, 3.63) is 33.9 Å². The van der Waals surface area contributed by atoms with Crippen LogP contribution in [0, 0.1) is 6.92 Å². The molecule has 0 saturated heterocycles. The standard InChI is InChI=1S/C10H11N3O3/c1-3-16-10(15)7-5-8-11-9(14)4-6(2)13(8)12-7/h4-5H,3H2,1-2H3,(H,11,14). The monoisotopic (exact) mass is 221 g/mol. The molecule has 6 nitrogen and oxygen atoms in total. The number of esters is 1. The summed E-state index contributed by atoms with van der Waals surface area (Å²) in [6.45, 7) is 3.76. The molecule has 0 aromatic carbocycles. The molecule has 16 heavy (non-hydrogen) atoms. The minimum absolute atomic E-state index is 0.187. The fraction of sp³-hybridized carbons (Fsp3) is 0.300. The zero-order valence-corrected chi connectivity index (χ0v) is 8.98. The van der Waals surface area contributed by atoms with Gasteiger partial charge in [0.2, 0.25) is 0 Å². The van der Waals surface area contributed by atoms with Crippen LogP contribution >= 0.6 is 0 Å². The molecule has 0 fully saturated rings. The highest BCUT2D eigenvalue weighted by atomic mass is 16.5. The van der Waals surface area contributed by atoms with E-state index in [0.29, 0.717) is 17.9 Å². The highest BCUT2D eigenvalue weighted by Crippen LogP contribution is 2.05. The Morgan fingerprint density at radius 2 is 2.31 bits per heavy atom. The summed E-state index contributed by atoms with van der Waals surface area (Å²) in [5.74, 6) is -0.494. The van der Waals surface area contributed by atoms with Gasteiger partial charge in [-0.15, -0.1) is 0 Å². The molecule has 6 heteroatoms. The minimum atomic E-state index is -0.494. The van der Waals surface area contributed by atoms with Crippen molar-refractivity contribution in [3.63, 3.8) is 0 Å². The van der Waals surface area contributed by atoms with E-state index in [1.165, 1.54) is 16.6 Å². The molecule has 0 saturated carbocycles. The number of nitrogens with zero attached hydrogens (tertiary/aromatic N) is 2. The molecule has 0 amide bonds. The van der Waals surface area contributed by atoms with Crippen molar-refractivity contribution in [2.75, 3.05) is 6.61 Å². The van der Waals surface area contributed by atoms with Gasteiger partial charge in [-0.05, 0) is 13.8 Å². The molecular weight excluding hydrogens is 210 g/mol. The highest BCUT2D eigenvalue weighted by molar-refractivity contribution is 5.88. The van der Waals surface area contributed by atoms with Crippen LogP contribution in [-0.2, 0) is 4.74 Å². The molecule has 2 rings (SSSR count). The lowest BCUT2D eigenvalue weighted by atomic mass is 10.4. The molecule has 2 heterocycles. The second-order valence-electron chi connectivity index (χ2n) is 3.32. The first-order valence-corrected chi connectivity index (χ1v) is 4.88. The van der Waals surface area contributed by atoms with Crippen molar-refractivity contribution in [1.82, 2.24) is 14.6 Å². The van der Waals surface area contributed by atoms with E-state index < -0.39 is 5.97 Å². The molecule has 0 unspecified atom stereocenters. The van der Waals surface area contributed by atoms with Crippen molar-refractivity contribution in [2.45, 2.75) is 13.8 Å². The lowest BCUT2D eigenvalue weighted by Gasteiger charge is -1.96. The molecular formula is C10H11N3O3. The fourth-order valence-electron chi connectivity index (χ4n) is 1.46. The highest BCUT2D eigenvalue weighted by Gasteiger charge is 2.12. The third-order valence-electron chi connectivity index (χ3n) is 2.12. The second kappa shape index (κ2) is 3.80. The number of aromatic amines is 1. The van der Waals surface area contributed by atoms with E-state index in [1.807, 2.05) is 0 Å². The maximum atomic E-state index is 11.4. The number of hydrogen-bond acceptors (Lipinski definition) is 4. The molecule has 0 spiro atoms. The van der Waals surface area contributed by atoms with Gasteiger partial charge in [0.1, 0.15) is 5.65 Å². The number of H-pyrrole nitrogens is 1. The van der Waals surface area contributed by atoms with Crippen LogP contribution in [0.3, 0.4) is 0 Å². The van der Waals surface area contributed by atoms with Crippen LogP contribution in [0.4, 0.5) is 0 Å². The van der Waals surface area contributed by atoms with Crippen LogP contribution in [-0.4, -0.2) is 27.2 Å². The van der Waals surface area contributed by atoms with Gasteiger partial charge in [-0.2, -0.15) is 5.10 Å². The Morgan fingerprint density at radius 3 is 3.00 bits per heavy atom. The van der Waals surface area contributed by atoms with Gasteiger partial charge in [-0.1, -0.05) is 0 Å². The Hall–Kier alpha value is -2.11. The van der Waals surface area contributed by atoms with Crippen molar-refractivity contribution in [2.24, 2.45) is 0 Å². The molecule has 0 aliphatic heterocycles. The van der Waals surface area contributed by atoms with E-state index >= 15 is 0 Å². The summed E-state index contributed by atoms with van der Waals surface area (Å²) in [5.41, 5.74) is 1.11. The van der Waals surface area contributed by atoms with E-state index in [9.17, 15) is 9.59 Å². The van der Waals surface area contributed by atoms with Gasteiger partial charge in [0.05, 0.1) is 6.61 Å². The predicted molar refractivity (Wildman–Crippen MR) is 56.5 cm³/mol. The Balaban J connectivity index is 2.56. The van der Waals surface area contributed by atoms with Crippen molar-refractivity contribution < 1.29 is 9.53 Å². The zero-order chi connectivity index (χ0) is 11.7. The van der Waals surface area contributed by atoms with Gasteiger partial charge in [0, 0.05) is 17.8 Å². The summed E-state index contributed by atoms with van der Waals surface area (Å²) in [4.78, 5) is 25.2. The van der Waals surface area contributed by atoms with E-state index in [2.05, 4.69) is 10.1 Å². The molecule has 1 N–H and O–H groups in total. The van der Waals surface area contributed by atoms with E-state index in [0.717, 1.165) is 0 Å². The number of carbonyl (C=O) groups is 1. The number of carbonyl (C=O) groups excluding carboxylic acids is 1. The summed E-state index contributed by atoms with van der Waals surface area (Å²) >= 11 is 0. The van der Waals surface area contributed by atoms with E-state index in [4.69, 9.17) is 4.74 Å². The molecule has 0 atom stereocenters. The fourth-order valence-corrected chi connectivity index (χ4v) is 1.46. The summed E-state index contributed by atoms with van der Waals surface area (Å²) in [5, 5.41) is 4.04. The Morgan fingerprint density at radius 1 is 1.56 bits per heavy atom. The molecule has 0 bridgehead atoms. The smallest absolute Gasteiger partial charge is 0.358 e. The first kappa shape index (κ1) is 10.4. The number of fused-ring (bicyclic) bond motifs is 1. The van der Waals surface area contributed by atoms with Crippen molar-refractivity contribution in [1.29, 1.82) is 0 Å². The summed E-state index contributed by atoms with van der Waals surface area (Å²) in [6.07, 6.45) is 0. The molecule has 0 aliphatic carbocycles. The number of aromatic nitrogens is 3. The van der Waals surface area contributed by atoms with Crippen molar-refractivity contribution >= 4 is 11.6 Å². The lowest BCUT2D eigenvalue weighted by Crippen LogP contribution is -2.09. The predicted octanol–water partition coefficient (Wildman–Crippen LogP) is 0.508. The Bertz CT molecular complexity index is 597. The largest absolute Gasteiger partial charge is 0.461 e. The zero-order valence-electron chi connectivity index (χ0n) is 8.98. The van der Waals surface area contributed by atoms with Crippen LogP contribution in [0.2, 0.25) is 0 Å². The topological polar surface area (TPSA) is 76.5 Å². The quantitative estimate of drug-likeness (QED) is 0.749. The van der Waals surface area contributed by atoms with Crippen LogP contribution in [0.5, 0.6) is 0 Å². The third kappa shape index (κ3) is 1.69. The average molecular weight is 221 g/mol. The molecule has 84 valence electrons. The summed E-state index contributed by atoms with van der Waals surface area (Å²) < 4.78 is 6.31. The summed E-state index contributed by atoms with van der Waals surface area (Å²) in [7, 11) is 0. The Labute approximate surface area is 90.9 Å². The maximum absolute atomic E-state index is 11.4. The second-order valence-corrected chi connectivity index (χ2v) is 3.32. The maximum Gasteiger partial charge on any atom is 0.358 e. The average Bonchev–Trinajstić information content (AvgIpc) is 2.62. The third-order valence-corrected chi connectivity index (χ3v) is 2.12. The van der Waals surface area contributed by atoms with Crippen LogP contribution in [0.15, 0.2) is 16.9 Å². The normalized spacial score (nSPS) is 10.6. The first-order valence-electron chi connectivity index (χ1n) is 4.88. The van der Waals surface area contributed by atoms with Crippen LogP contribution in [0.1, 0.15) is 23.1 Å². The van der Waals surface area contributed by atoms with Gasteiger partial charge >= 0.3 is 5.97 Å². The number of rotatable bonds is 2. The van der Waals surface area contributed by atoms with E-state index in [1.54, 1.807) is 13.8 Å². The number of nitrogens with one attached hydrogen (secondary N) is 1. The summed E-state index contributed by atoms with van der Waals surface area (Å²) in [6, 6.07) is 2.90. The van der Waals surface area contributed by atoms with Gasteiger partial charge < -0.3 is 9.72 Å². The lowest BCUT2D eigenvalue weighted by molar-refractivity contribution is 0.0519. The molecule has 0 radical (unpaired) electrons. The molecule has 2 aromatic rings. The molecule has 0 aliphatic rings. The number of ether oxygens (including phenoxy) is 1. The minimum Gasteiger partial charge on any atom is -0.461 e. The van der Waals surface area contributed by atoms with Crippen LogP contribution < -0.4 is 5.56 Å². The van der Waals surface area contributed by atoms with Gasteiger partial charge in [0.15, 0.2) is 5.69 Å². The SMILES string of the molecule is CCOC(=O)c1cc2[nH]c(=O)cc(C)n2n1. The van der Waals surface area contributed by atoms with Crippen molar-refractivity contribution in [3.8, 4) is 0 Å². The Kier molecular flexibility index (Phi) is 2.47. The van der Waals surface area contributed by atoms with Crippen LogP contribution in [0.25, 0.3) is 5.65 Å². The van der Waals surface area contributed by atoms with Gasteiger partial charge in [-0.3, -0.25) is 4.79 Å². The number of aryl methyl sites for hydroxylation is 1. The number of hydrogen-bond donors (Lipinski definition) is 1. The first-order chi connectivity index (χ1) is 7.61. The van der Waals surface area contributed by atoms with E-state index in [-0.39, 0.29) is 11.3 Å². The van der Waals surface area contributed by atoms with Gasteiger partial charge in [0.25, 0.3) is 5.56 Å². The molecule has 2 aromatic heterocycles. The van der Waals surface area contributed by atoms with Gasteiger partial charge in [-0.25, -0.2) is 9.31 Å².